The molecule has 0 heterocycles. The summed E-state index contributed by atoms with van der Waals surface area (Å²) in [5, 5.41) is 2.80. The van der Waals surface area contributed by atoms with Gasteiger partial charge in [0.15, 0.2) is 6.61 Å². The van der Waals surface area contributed by atoms with Crippen molar-refractivity contribution in [2.45, 2.75) is 20.0 Å². The molecule has 0 bridgehead atoms. The second-order valence-corrected chi connectivity index (χ2v) is 6.75. The molecule has 6 nitrogen and oxygen atoms in total. The van der Waals surface area contributed by atoms with Crippen LogP contribution in [0.5, 0.6) is 11.5 Å². The number of benzene rings is 3. The lowest BCUT2D eigenvalue weighted by Crippen LogP contribution is -2.28. The lowest BCUT2D eigenvalue weighted by Gasteiger charge is -2.19. The zero-order valence-corrected chi connectivity index (χ0v) is 17.5. The summed E-state index contributed by atoms with van der Waals surface area (Å²) in [6.45, 7) is 3.90. The van der Waals surface area contributed by atoms with E-state index in [0.29, 0.717) is 29.4 Å². The molecule has 3 aromatic carbocycles. The summed E-state index contributed by atoms with van der Waals surface area (Å²) in [5.74, 6) is -0.00174. The molecule has 0 saturated heterocycles. The molecule has 1 N–H and O–H groups in total. The van der Waals surface area contributed by atoms with E-state index in [1.54, 1.807) is 48.5 Å². The molecule has 3 aromatic rings. The van der Waals surface area contributed by atoms with Crippen LogP contribution in [0, 0.1) is 6.92 Å². The molecule has 1 amide bonds. The maximum atomic E-state index is 13.0. The Balaban J connectivity index is 1.73. The number of ether oxygens (including phenoxy) is 3. The number of anilines is 1. The van der Waals surface area contributed by atoms with E-state index in [4.69, 9.17) is 14.2 Å². The van der Waals surface area contributed by atoms with Crippen molar-refractivity contribution in [1.82, 2.24) is 0 Å². The number of carbonyl (C=O) groups excluding carboxylic acids is 2. The highest BCUT2D eigenvalue weighted by Gasteiger charge is 2.26. The van der Waals surface area contributed by atoms with Crippen LogP contribution >= 0.6 is 0 Å². The fourth-order valence-electron chi connectivity index (χ4n) is 2.97. The first kappa shape index (κ1) is 21.9. The van der Waals surface area contributed by atoms with Gasteiger partial charge >= 0.3 is 5.97 Å². The SMILES string of the molecule is CCOc1ccccc1NC(=O)[C@@H](OC(=O)COc1ccccc1C)c1ccccc1. The highest BCUT2D eigenvalue weighted by Crippen LogP contribution is 2.27. The van der Waals surface area contributed by atoms with Crippen LogP contribution in [0.3, 0.4) is 0 Å². The van der Waals surface area contributed by atoms with E-state index in [-0.39, 0.29) is 6.61 Å². The number of carbonyl (C=O) groups is 2. The van der Waals surface area contributed by atoms with E-state index in [0.717, 1.165) is 5.56 Å². The Labute approximate surface area is 181 Å². The third-order valence-electron chi connectivity index (χ3n) is 4.47. The molecule has 0 saturated carbocycles. The molecule has 0 spiro atoms. The van der Waals surface area contributed by atoms with Gasteiger partial charge in [-0.15, -0.1) is 0 Å². The van der Waals surface area contributed by atoms with Crippen molar-refractivity contribution in [3.05, 3.63) is 90.0 Å². The molecule has 0 aliphatic carbocycles. The van der Waals surface area contributed by atoms with Crippen molar-refractivity contribution in [2.75, 3.05) is 18.5 Å². The van der Waals surface area contributed by atoms with Gasteiger partial charge in [0.2, 0.25) is 6.10 Å². The van der Waals surface area contributed by atoms with E-state index in [9.17, 15) is 9.59 Å². The first-order chi connectivity index (χ1) is 15.1. The van der Waals surface area contributed by atoms with Gasteiger partial charge in [0.25, 0.3) is 5.91 Å². The first-order valence-electron chi connectivity index (χ1n) is 10.0. The number of para-hydroxylation sites is 3. The molecule has 31 heavy (non-hydrogen) atoms. The minimum absolute atomic E-state index is 0.309. The molecule has 3 rings (SSSR count). The Morgan fingerprint density at radius 2 is 1.48 bits per heavy atom. The smallest absolute Gasteiger partial charge is 0.345 e. The predicted molar refractivity (Wildman–Crippen MR) is 118 cm³/mol. The quantitative estimate of drug-likeness (QED) is 0.509. The molecule has 0 radical (unpaired) electrons. The maximum absolute atomic E-state index is 13.0. The van der Waals surface area contributed by atoms with Crippen LogP contribution < -0.4 is 14.8 Å². The topological polar surface area (TPSA) is 73.9 Å². The van der Waals surface area contributed by atoms with Crippen molar-refractivity contribution in [3.63, 3.8) is 0 Å². The Morgan fingerprint density at radius 1 is 0.839 bits per heavy atom. The van der Waals surface area contributed by atoms with Gasteiger partial charge in [0.05, 0.1) is 12.3 Å². The lowest BCUT2D eigenvalue weighted by atomic mass is 10.1. The Bertz CT molecular complexity index is 1020. The van der Waals surface area contributed by atoms with Crippen molar-refractivity contribution >= 4 is 17.6 Å². The number of aryl methyl sites for hydroxylation is 1. The predicted octanol–water partition coefficient (Wildman–Crippen LogP) is 4.70. The fraction of sp³-hybridized carbons (Fsp3) is 0.200. The van der Waals surface area contributed by atoms with Crippen LogP contribution in [-0.4, -0.2) is 25.1 Å². The highest BCUT2D eigenvalue weighted by atomic mass is 16.6. The molecule has 6 heteroatoms. The minimum atomic E-state index is -1.14. The van der Waals surface area contributed by atoms with Crippen LogP contribution in [0.25, 0.3) is 0 Å². The molecular weight excluding hydrogens is 394 g/mol. The number of amides is 1. The standard InChI is InChI=1S/C25H25NO5/c1-3-29-22-16-10-8-14-20(22)26-25(28)24(19-12-5-4-6-13-19)31-23(27)17-30-21-15-9-7-11-18(21)2/h4-16,24H,3,17H2,1-2H3,(H,26,28)/t24-/m0/s1. The summed E-state index contributed by atoms with van der Waals surface area (Å²) >= 11 is 0. The monoisotopic (exact) mass is 419 g/mol. The second kappa shape index (κ2) is 10.8. The van der Waals surface area contributed by atoms with E-state index in [2.05, 4.69) is 5.32 Å². The zero-order chi connectivity index (χ0) is 22.1. The van der Waals surface area contributed by atoms with Crippen LogP contribution in [0.1, 0.15) is 24.2 Å². The molecule has 0 aromatic heterocycles. The van der Waals surface area contributed by atoms with Crippen LogP contribution in [0.4, 0.5) is 5.69 Å². The largest absolute Gasteiger partial charge is 0.492 e. The van der Waals surface area contributed by atoms with Gasteiger partial charge in [-0.2, -0.15) is 0 Å². The third-order valence-corrected chi connectivity index (χ3v) is 4.47. The number of hydrogen-bond donors (Lipinski definition) is 1. The average molecular weight is 419 g/mol. The van der Waals surface area contributed by atoms with Crippen molar-refractivity contribution in [1.29, 1.82) is 0 Å². The molecular formula is C25H25NO5. The van der Waals surface area contributed by atoms with Crippen molar-refractivity contribution in [2.24, 2.45) is 0 Å². The second-order valence-electron chi connectivity index (χ2n) is 6.75. The average Bonchev–Trinajstić information content (AvgIpc) is 2.79. The maximum Gasteiger partial charge on any atom is 0.345 e. The highest BCUT2D eigenvalue weighted by molar-refractivity contribution is 5.97. The van der Waals surface area contributed by atoms with E-state index >= 15 is 0 Å². The van der Waals surface area contributed by atoms with Gasteiger partial charge in [0, 0.05) is 5.56 Å². The van der Waals surface area contributed by atoms with Gasteiger partial charge in [-0.3, -0.25) is 4.79 Å². The molecule has 0 aliphatic heterocycles. The molecule has 0 fully saturated rings. The van der Waals surface area contributed by atoms with E-state index in [1.165, 1.54) is 0 Å². The molecule has 1 atom stereocenters. The molecule has 160 valence electrons. The minimum Gasteiger partial charge on any atom is -0.492 e. The summed E-state index contributed by atoms with van der Waals surface area (Å²) in [5.41, 5.74) is 1.96. The van der Waals surface area contributed by atoms with Gasteiger partial charge in [0.1, 0.15) is 11.5 Å². The molecule has 0 unspecified atom stereocenters. The van der Waals surface area contributed by atoms with Crippen molar-refractivity contribution in [3.8, 4) is 11.5 Å². The van der Waals surface area contributed by atoms with Crippen molar-refractivity contribution < 1.29 is 23.8 Å². The molecule has 0 aliphatic rings. The lowest BCUT2D eigenvalue weighted by molar-refractivity contribution is -0.156. The summed E-state index contributed by atoms with van der Waals surface area (Å²) < 4.78 is 16.6. The Kier molecular flexibility index (Phi) is 7.65. The summed E-state index contributed by atoms with van der Waals surface area (Å²) in [7, 11) is 0. The van der Waals surface area contributed by atoms with Gasteiger partial charge in [-0.05, 0) is 37.6 Å². The van der Waals surface area contributed by atoms with Gasteiger partial charge < -0.3 is 19.5 Å². The van der Waals surface area contributed by atoms with Gasteiger partial charge in [-0.25, -0.2) is 4.79 Å². The summed E-state index contributed by atoms with van der Waals surface area (Å²) in [4.78, 5) is 25.5. The number of nitrogens with one attached hydrogen (secondary N) is 1. The Morgan fingerprint density at radius 3 is 2.19 bits per heavy atom. The Hall–Kier alpha value is -3.80. The third kappa shape index (κ3) is 6.09. The number of esters is 1. The fourth-order valence-corrected chi connectivity index (χ4v) is 2.97. The van der Waals surface area contributed by atoms with Crippen LogP contribution in [-0.2, 0) is 14.3 Å². The first-order valence-corrected chi connectivity index (χ1v) is 10.0. The summed E-state index contributed by atoms with van der Waals surface area (Å²) in [6, 6.07) is 23.3. The van der Waals surface area contributed by atoms with E-state index in [1.807, 2.05) is 44.2 Å². The number of hydrogen-bond acceptors (Lipinski definition) is 5. The van der Waals surface area contributed by atoms with E-state index < -0.39 is 18.0 Å². The number of rotatable bonds is 9. The van der Waals surface area contributed by atoms with Gasteiger partial charge in [-0.1, -0.05) is 60.7 Å². The zero-order valence-electron chi connectivity index (χ0n) is 17.5. The summed E-state index contributed by atoms with van der Waals surface area (Å²) in [6.07, 6.45) is -1.14. The van der Waals surface area contributed by atoms with Crippen LogP contribution in [0.15, 0.2) is 78.9 Å². The normalized spacial score (nSPS) is 11.3. The van der Waals surface area contributed by atoms with Crippen LogP contribution in [0.2, 0.25) is 0 Å².